The summed E-state index contributed by atoms with van der Waals surface area (Å²) in [6.45, 7) is 2.82. The Hall–Kier alpha value is -1.01. The highest BCUT2D eigenvalue weighted by Crippen LogP contribution is 2.42. The Kier molecular flexibility index (Phi) is 9.73. The van der Waals surface area contributed by atoms with Crippen molar-refractivity contribution in [3.8, 4) is 5.75 Å². The van der Waals surface area contributed by atoms with Crippen LogP contribution in [0.15, 0.2) is 24.3 Å². The monoisotopic (exact) mass is 457 g/mol. The fourth-order valence-corrected chi connectivity index (χ4v) is 5.78. The van der Waals surface area contributed by atoms with Gasteiger partial charge in [-0.25, -0.2) is 0 Å². The number of halogens is 2. The maximum Gasteiger partial charge on any atom is 0.223 e. The molecule has 2 aliphatic carbocycles. The maximum absolute atomic E-state index is 13.0. The van der Waals surface area contributed by atoms with Crippen molar-refractivity contribution in [1.29, 1.82) is 0 Å². The third-order valence-corrected chi connectivity index (χ3v) is 7.33. The van der Waals surface area contributed by atoms with Crippen LogP contribution in [0.2, 0.25) is 0 Å². The van der Waals surface area contributed by atoms with Gasteiger partial charge in [0.2, 0.25) is 5.91 Å². The van der Waals surface area contributed by atoms with Gasteiger partial charge in [-0.1, -0.05) is 24.6 Å². The number of likely N-dealkylation sites (tertiary alicyclic amines) is 1. The number of nitrogens with two attached hydrogens (primary N) is 1. The molecule has 3 atom stereocenters. The highest BCUT2D eigenvalue weighted by molar-refractivity contribution is 5.85. The average Bonchev–Trinajstić information content (AvgIpc) is 3.22. The number of nitrogens with zero attached hydrogens (tertiary/aromatic N) is 1. The first-order chi connectivity index (χ1) is 13.7. The smallest absolute Gasteiger partial charge is 0.223 e. The maximum atomic E-state index is 13.0. The SMILES string of the molecule is COc1ccccc1C(CNC(=O)C1CC2CCCC(C1)C2N)N1CCCC1.Cl.Cl. The van der Waals surface area contributed by atoms with Gasteiger partial charge in [0, 0.05) is 24.1 Å². The zero-order valence-electron chi connectivity index (χ0n) is 17.9. The van der Waals surface area contributed by atoms with Crippen LogP contribution >= 0.6 is 24.8 Å². The Labute approximate surface area is 193 Å². The van der Waals surface area contributed by atoms with Gasteiger partial charge in [0.1, 0.15) is 5.75 Å². The summed E-state index contributed by atoms with van der Waals surface area (Å²) in [4.78, 5) is 15.5. The van der Waals surface area contributed by atoms with Gasteiger partial charge in [-0.2, -0.15) is 0 Å². The first-order valence-corrected chi connectivity index (χ1v) is 11.1. The average molecular weight is 458 g/mol. The van der Waals surface area contributed by atoms with Crippen molar-refractivity contribution in [2.24, 2.45) is 23.5 Å². The fourth-order valence-electron chi connectivity index (χ4n) is 5.78. The number of amides is 1. The van der Waals surface area contributed by atoms with Crippen molar-refractivity contribution in [2.75, 3.05) is 26.7 Å². The molecule has 3 fully saturated rings. The predicted octanol–water partition coefficient (Wildman–Crippen LogP) is 3.95. The lowest BCUT2D eigenvalue weighted by molar-refractivity contribution is -0.128. The Morgan fingerprint density at radius 1 is 1.13 bits per heavy atom. The Morgan fingerprint density at radius 2 is 1.77 bits per heavy atom. The molecule has 0 aromatic heterocycles. The molecule has 1 aliphatic heterocycles. The molecular weight excluding hydrogens is 421 g/mol. The lowest BCUT2D eigenvalue weighted by Crippen LogP contribution is -2.49. The number of nitrogens with one attached hydrogen (secondary N) is 1. The lowest BCUT2D eigenvalue weighted by Gasteiger charge is -2.43. The molecular formula is C23H37Cl2N3O2. The van der Waals surface area contributed by atoms with Crippen LogP contribution in [0.5, 0.6) is 5.75 Å². The molecule has 1 aromatic rings. The molecule has 0 radical (unpaired) electrons. The number of hydrogen-bond donors (Lipinski definition) is 2. The van der Waals surface area contributed by atoms with Crippen LogP contribution in [0.4, 0.5) is 0 Å². The Balaban J connectivity index is 0.00000160. The van der Waals surface area contributed by atoms with Gasteiger partial charge < -0.3 is 15.8 Å². The summed E-state index contributed by atoms with van der Waals surface area (Å²) in [7, 11) is 1.72. The minimum absolute atomic E-state index is 0. The highest BCUT2D eigenvalue weighted by Gasteiger charge is 2.40. The second-order valence-corrected chi connectivity index (χ2v) is 8.94. The van der Waals surface area contributed by atoms with Crippen LogP contribution in [0.25, 0.3) is 0 Å². The van der Waals surface area contributed by atoms with Crippen molar-refractivity contribution in [1.82, 2.24) is 10.2 Å². The molecule has 7 heteroatoms. The van der Waals surface area contributed by atoms with Gasteiger partial charge in [-0.15, -0.1) is 24.8 Å². The standard InChI is InChI=1S/C23H35N3O2.2ClH/c1-28-21-10-3-2-9-19(21)20(26-11-4-5-12-26)15-25-23(27)18-13-16-7-6-8-17(14-18)22(16)24;;/h2-3,9-10,16-18,20,22H,4-8,11-15,24H2,1H3,(H,25,27);2*1H. The van der Waals surface area contributed by atoms with Gasteiger partial charge in [0.05, 0.1) is 13.2 Å². The van der Waals surface area contributed by atoms with E-state index in [2.05, 4.69) is 22.3 Å². The molecule has 170 valence electrons. The van der Waals surface area contributed by atoms with E-state index in [-0.39, 0.29) is 42.7 Å². The number of carbonyl (C=O) groups is 1. The molecule has 0 spiro atoms. The van der Waals surface area contributed by atoms with E-state index in [9.17, 15) is 4.79 Å². The van der Waals surface area contributed by atoms with Crippen molar-refractivity contribution in [3.63, 3.8) is 0 Å². The van der Waals surface area contributed by atoms with Crippen LogP contribution in [-0.2, 0) is 4.79 Å². The summed E-state index contributed by atoms with van der Waals surface area (Å²) in [5.74, 6) is 2.33. The molecule has 1 saturated heterocycles. The normalized spacial score (nSPS) is 29.3. The summed E-state index contributed by atoms with van der Waals surface area (Å²) in [6.07, 6.45) is 8.05. The first kappa shape index (κ1) is 25.3. The first-order valence-electron chi connectivity index (χ1n) is 11.1. The minimum Gasteiger partial charge on any atom is -0.496 e. The summed E-state index contributed by atoms with van der Waals surface area (Å²) in [6, 6.07) is 8.71. The topological polar surface area (TPSA) is 67.6 Å². The number of ether oxygens (including phenoxy) is 1. The molecule has 5 nitrogen and oxygen atoms in total. The number of fused-ring (bicyclic) bond motifs is 2. The van der Waals surface area contributed by atoms with E-state index in [0.717, 1.165) is 31.7 Å². The number of benzene rings is 1. The second-order valence-electron chi connectivity index (χ2n) is 8.94. The van der Waals surface area contributed by atoms with Crippen LogP contribution in [-0.4, -0.2) is 43.6 Å². The van der Waals surface area contributed by atoms with Crippen molar-refractivity contribution in [2.45, 2.75) is 57.0 Å². The summed E-state index contributed by atoms with van der Waals surface area (Å²) in [5, 5.41) is 3.31. The van der Waals surface area contributed by atoms with Gasteiger partial charge in [0.15, 0.2) is 0 Å². The van der Waals surface area contributed by atoms with E-state index in [0.29, 0.717) is 24.4 Å². The third-order valence-electron chi connectivity index (χ3n) is 7.33. The summed E-state index contributed by atoms with van der Waals surface area (Å²) in [5.41, 5.74) is 7.58. The number of carbonyl (C=O) groups excluding carboxylic acids is 1. The third kappa shape index (κ3) is 5.42. The molecule has 3 aliphatic rings. The zero-order chi connectivity index (χ0) is 19.5. The van der Waals surface area contributed by atoms with E-state index in [1.165, 1.54) is 37.7 Å². The van der Waals surface area contributed by atoms with Crippen LogP contribution in [0, 0.1) is 17.8 Å². The molecule has 1 aromatic carbocycles. The number of rotatable bonds is 6. The molecule has 2 saturated carbocycles. The summed E-state index contributed by atoms with van der Waals surface area (Å²) < 4.78 is 5.62. The van der Waals surface area contributed by atoms with E-state index >= 15 is 0 Å². The predicted molar refractivity (Wildman–Crippen MR) is 126 cm³/mol. The summed E-state index contributed by atoms with van der Waals surface area (Å²) >= 11 is 0. The fraction of sp³-hybridized carbons (Fsp3) is 0.696. The molecule has 3 unspecified atom stereocenters. The number of methoxy groups -OCH3 is 1. The number of para-hydroxylation sites is 1. The van der Waals surface area contributed by atoms with E-state index in [1.807, 2.05) is 12.1 Å². The molecule has 30 heavy (non-hydrogen) atoms. The Bertz CT molecular complexity index is 670. The largest absolute Gasteiger partial charge is 0.496 e. The van der Waals surface area contributed by atoms with E-state index in [4.69, 9.17) is 10.5 Å². The van der Waals surface area contributed by atoms with Crippen LogP contribution in [0.1, 0.15) is 56.6 Å². The van der Waals surface area contributed by atoms with Crippen LogP contribution < -0.4 is 15.8 Å². The molecule has 4 rings (SSSR count). The van der Waals surface area contributed by atoms with E-state index in [1.54, 1.807) is 7.11 Å². The minimum atomic E-state index is 0. The van der Waals surface area contributed by atoms with Gasteiger partial charge in [-0.05, 0) is 69.5 Å². The van der Waals surface area contributed by atoms with Gasteiger partial charge >= 0.3 is 0 Å². The van der Waals surface area contributed by atoms with Gasteiger partial charge in [-0.3, -0.25) is 9.69 Å². The van der Waals surface area contributed by atoms with Gasteiger partial charge in [0.25, 0.3) is 0 Å². The van der Waals surface area contributed by atoms with Crippen molar-refractivity contribution >= 4 is 30.7 Å². The highest BCUT2D eigenvalue weighted by atomic mass is 35.5. The van der Waals surface area contributed by atoms with Crippen molar-refractivity contribution < 1.29 is 9.53 Å². The molecule has 1 amide bonds. The van der Waals surface area contributed by atoms with Crippen molar-refractivity contribution in [3.05, 3.63) is 29.8 Å². The quantitative estimate of drug-likeness (QED) is 0.678. The second kappa shape index (κ2) is 11.6. The van der Waals surface area contributed by atoms with Crippen LogP contribution in [0.3, 0.4) is 0 Å². The Morgan fingerprint density at radius 3 is 2.40 bits per heavy atom. The number of hydrogen-bond acceptors (Lipinski definition) is 4. The zero-order valence-corrected chi connectivity index (χ0v) is 19.6. The lowest BCUT2D eigenvalue weighted by atomic mass is 9.65. The molecule has 1 heterocycles. The molecule has 2 bridgehead atoms. The molecule has 3 N–H and O–H groups in total. The van der Waals surface area contributed by atoms with E-state index < -0.39 is 0 Å².